The number of pyridine rings is 1. The highest BCUT2D eigenvalue weighted by atomic mass is 79.9. The van der Waals surface area contributed by atoms with Gasteiger partial charge in [-0.25, -0.2) is 0 Å². The van der Waals surface area contributed by atoms with E-state index in [0.717, 1.165) is 10.2 Å². The number of halogens is 2. The molecular weight excluding hydrogens is 416 g/mol. The monoisotopic (exact) mass is 428 g/mol. The third kappa shape index (κ3) is 4.99. The summed E-state index contributed by atoms with van der Waals surface area (Å²) in [5.41, 5.74) is -0.105. The number of amides is 1. The molecule has 0 atom stereocenters. The summed E-state index contributed by atoms with van der Waals surface area (Å²) in [6.45, 7) is 0.422. The third-order valence-electron chi connectivity index (χ3n) is 2.78. The van der Waals surface area contributed by atoms with Crippen LogP contribution in [0.3, 0.4) is 0 Å². The Morgan fingerprint density at radius 3 is 2.82 bits per heavy atom. The number of aromatic nitrogens is 1. The number of rotatable bonds is 6. The zero-order valence-electron chi connectivity index (χ0n) is 11.6. The number of H-pyrrole nitrogens is 1. The summed E-state index contributed by atoms with van der Waals surface area (Å²) in [5, 5.41) is 2.58. The zero-order valence-corrected chi connectivity index (χ0v) is 14.7. The molecule has 0 saturated heterocycles. The van der Waals surface area contributed by atoms with Crippen LogP contribution >= 0.6 is 31.9 Å². The molecule has 0 aliphatic heterocycles. The maximum absolute atomic E-state index is 11.8. The van der Waals surface area contributed by atoms with Gasteiger partial charge in [-0.1, -0.05) is 12.1 Å². The van der Waals surface area contributed by atoms with E-state index in [1.54, 1.807) is 6.07 Å². The van der Waals surface area contributed by atoms with Crippen LogP contribution in [0.1, 0.15) is 12.8 Å². The fourth-order valence-corrected chi connectivity index (χ4v) is 2.48. The molecule has 7 heteroatoms. The van der Waals surface area contributed by atoms with E-state index in [1.165, 1.54) is 6.20 Å². The number of aromatic amines is 1. The van der Waals surface area contributed by atoms with E-state index in [1.807, 2.05) is 24.3 Å². The van der Waals surface area contributed by atoms with Gasteiger partial charge in [-0.05, 0) is 56.5 Å². The molecule has 2 N–H and O–H groups in total. The molecule has 1 aromatic carbocycles. The standard InChI is InChI=1S/C15H14Br2N2O3/c16-10-8-12(15(21)18-9-10)19-14(20)6-3-7-22-13-5-2-1-4-11(13)17/h1-2,4-5,8-9H,3,6-7H2,(H,18,21)(H,19,20). The maximum atomic E-state index is 11.8. The molecule has 5 nitrogen and oxygen atoms in total. The molecular formula is C15H14Br2N2O3. The van der Waals surface area contributed by atoms with Crippen LogP contribution in [0.15, 0.2) is 50.3 Å². The van der Waals surface area contributed by atoms with Gasteiger partial charge in [-0.3, -0.25) is 9.59 Å². The highest BCUT2D eigenvalue weighted by Gasteiger charge is 2.07. The van der Waals surface area contributed by atoms with E-state index in [0.29, 0.717) is 17.5 Å². The topological polar surface area (TPSA) is 71.2 Å². The van der Waals surface area contributed by atoms with Crippen LogP contribution in [0, 0.1) is 0 Å². The van der Waals surface area contributed by atoms with Gasteiger partial charge in [0.1, 0.15) is 11.4 Å². The number of benzene rings is 1. The van der Waals surface area contributed by atoms with Crippen LogP contribution in [0.5, 0.6) is 5.75 Å². The summed E-state index contributed by atoms with van der Waals surface area (Å²) in [6, 6.07) is 9.09. The number of ether oxygens (including phenoxy) is 1. The first kappa shape index (κ1) is 16.8. The van der Waals surface area contributed by atoms with Crippen molar-refractivity contribution >= 4 is 43.5 Å². The van der Waals surface area contributed by atoms with Crippen LogP contribution in [0.25, 0.3) is 0 Å². The molecule has 22 heavy (non-hydrogen) atoms. The lowest BCUT2D eigenvalue weighted by atomic mass is 10.3. The van der Waals surface area contributed by atoms with Crippen molar-refractivity contribution in [2.75, 3.05) is 11.9 Å². The number of carbonyl (C=O) groups excluding carboxylic acids is 1. The van der Waals surface area contributed by atoms with E-state index < -0.39 is 0 Å². The van der Waals surface area contributed by atoms with E-state index in [2.05, 4.69) is 42.2 Å². The Morgan fingerprint density at radius 2 is 2.05 bits per heavy atom. The largest absolute Gasteiger partial charge is 0.492 e. The highest BCUT2D eigenvalue weighted by Crippen LogP contribution is 2.23. The van der Waals surface area contributed by atoms with Crippen LogP contribution in [-0.4, -0.2) is 17.5 Å². The SMILES string of the molecule is O=C(CCCOc1ccccc1Br)Nc1cc(Br)c[nH]c1=O. The van der Waals surface area contributed by atoms with Crippen molar-refractivity contribution in [3.8, 4) is 5.75 Å². The number of hydrogen-bond acceptors (Lipinski definition) is 3. The van der Waals surface area contributed by atoms with Crippen LogP contribution in [-0.2, 0) is 4.79 Å². The molecule has 1 aromatic heterocycles. The molecule has 2 aromatic rings. The molecule has 0 aliphatic carbocycles. The zero-order chi connectivity index (χ0) is 15.9. The van der Waals surface area contributed by atoms with Crippen molar-refractivity contribution in [1.82, 2.24) is 4.98 Å². The van der Waals surface area contributed by atoms with E-state index >= 15 is 0 Å². The molecule has 116 valence electrons. The van der Waals surface area contributed by atoms with E-state index in [-0.39, 0.29) is 23.6 Å². The Labute approximate surface area is 144 Å². The molecule has 1 amide bonds. The minimum absolute atomic E-state index is 0.223. The average Bonchev–Trinajstić information content (AvgIpc) is 2.49. The molecule has 0 fully saturated rings. The molecule has 0 spiro atoms. The van der Waals surface area contributed by atoms with Gasteiger partial charge in [-0.15, -0.1) is 0 Å². The minimum Gasteiger partial charge on any atom is -0.492 e. The number of nitrogens with one attached hydrogen (secondary N) is 2. The first-order valence-corrected chi connectivity index (χ1v) is 8.20. The lowest BCUT2D eigenvalue weighted by Gasteiger charge is -2.08. The fraction of sp³-hybridized carbons (Fsp3) is 0.200. The van der Waals surface area contributed by atoms with Gasteiger partial charge < -0.3 is 15.0 Å². The second-order valence-electron chi connectivity index (χ2n) is 4.49. The van der Waals surface area contributed by atoms with Crippen molar-refractivity contribution in [3.05, 3.63) is 55.8 Å². The normalized spacial score (nSPS) is 10.3. The number of hydrogen-bond donors (Lipinski definition) is 2. The van der Waals surface area contributed by atoms with Gasteiger partial charge >= 0.3 is 0 Å². The van der Waals surface area contributed by atoms with Gasteiger partial charge in [0.05, 0.1) is 11.1 Å². The Morgan fingerprint density at radius 1 is 1.27 bits per heavy atom. The van der Waals surface area contributed by atoms with Gasteiger partial charge in [0.2, 0.25) is 5.91 Å². The van der Waals surface area contributed by atoms with Crippen molar-refractivity contribution in [1.29, 1.82) is 0 Å². The summed E-state index contributed by atoms with van der Waals surface area (Å²) in [7, 11) is 0. The third-order valence-corrected chi connectivity index (χ3v) is 3.90. The van der Waals surface area contributed by atoms with Crippen LogP contribution in [0.2, 0.25) is 0 Å². The highest BCUT2D eigenvalue weighted by molar-refractivity contribution is 9.10. The molecule has 0 radical (unpaired) electrons. The lowest BCUT2D eigenvalue weighted by Crippen LogP contribution is -2.19. The van der Waals surface area contributed by atoms with Gasteiger partial charge in [-0.2, -0.15) is 0 Å². The summed E-state index contributed by atoms with van der Waals surface area (Å²) < 4.78 is 7.15. The Bertz CT molecular complexity index is 716. The van der Waals surface area contributed by atoms with E-state index in [9.17, 15) is 9.59 Å². The first-order chi connectivity index (χ1) is 10.6. The fourth-order valence-electron chi connectivity index (χ4n) is 1.74. The number of para-hydroxylation sites is 1. The minimum atomic E-state index is -0.332. The van der Waals surface area contributed by atoms with Crippen molar-refractivity contribution < 1.29 is 9.53 Å². The molecule has 1 heterocycles. The Kier molecular flexibility index (Phi) is 6.21. The molecule has 0 unspecified atom stereocenters. The predicted molar refractivity (Wildman–Crippen MR) is 92.3 cm³/mol. The molecule has 0 aliphatic rings. The second-order valence-corrected chi connectivity index (χ2v) is 6.26. The van der Waals surface area contributed by atoms with Crippen molar-refractivity contribution in [3.63, 3.8) is 0 Å². The first-order valence-electron chi connectivity index (χ1n) is 6.61. The quantitative estimate of drug-likeness (QED) is 0.687. The number of anilines is 1. The van der Waals surface area contributed by atoms with Gasteiger partial charge in [0.15, 0.2) is 0 Å². The van der Waals surface area contributed by atoms with Crippen molar-refractivity contribution in [2.45, 2.75) is 12.8 Å². The van der Waals surface area contributed by atoms with Gasteiger partial charge in [0.25, 0.3) is 5.56 Å². The number of carbonyl (C=O) groups is 1. The smallest absolute Gasteiger partial charge is 0.271 e. The lowest BCUT2D eigenvalue weighted by molar-refractivity contribution is -0.116. The van der Waals surface area contributed by atoms with E-state index in [4.69, 9.17) is 4.74 Å². The second kappa shape index (κ2) is 8.14. The predicted octanol–water partition coefficient (Wildman–Crippen LogP) is 3.70. The van der Waals surface area contributed by atoms with Gasteiger partial charge in [0, 0.05) is 17.1 Å². The Hall–Kier alpha value is -1.60. The average molecular weight is 430 g/mol. The van der Waals surface area contributed by atoms with Crippen LogP contribution in [0.4, 0.5) is 5.69 Å². The summed E-state index contributed by atoms with van der Waals surface area (Å²) >= 11 is 6.63. The summed E-state index contributed by atoms with van der Waals surface area (Å²) in [6.07, 6.45) is 2.35. The maximum Gasteiger partial charge on any atom is 0.271 e. The molecule has 2 rings (SSSR count). The van der Waals surface area contributed by atoms with Crippen LogP contribution < -0.4 is 15.6 Å². The van der Waals surface area contributed by atoms with Crippen molar-refractivity contribution in [2.24, 2.45) is 0 Å². The Balaban J connectivity index is 1.78. The molecule has 0 saturated carbocycles. The molecule has 0 bridgehead atoms. The summed E-state index contributed by atoms with van der Waals surface area (Å²) in [5.74, 6) is 0.519. The summed E-state index contributed by atoms with van der Waals surface area (Å²) in [4.78, 5) is 25.9.